The Morgan fingerprint density at radius 2 is 1.54 bits per heavy atom. The molecule has 3 aromatic carbocycles. The van der Waals surface area contributed by atoms with Gasteiger partial charge in [-0.2, -0.15) is 0 Å². The van der Waals surface area contributed by atoms with Gasteiger partial charge in [-0.15, -0.1) is 0 Å². The second-order valence-electron chi connectivity index (χ2n) is 7.18. The molecule has 0 unspecified atom stereocenters. The minimum absolute atomic E-state index is 0.00569. The Labute approximate surface area is 162 Å². The molecular weight excluding hydrogens is 348 g/mol. The molecule has 1 aromatic heterocycles. The molecule has 0 saturated heterocycles. The number of fused-ring (bicyclic) bond motifs is 2. The first kappa shape index (κ1) is 16.5. The minimum atomic E-state index is -0.120. The van der Waals surface area contributed by atoms with Crippen LogP contribution in [0.5, 0.6) is 0 Å². The number of benzene rings is 3. The molecule has 0 spiro atoms. The lowest BCUT2D eigenvalue weighted by molar-refractivity contribution is 0.104. The number of pyridine rings is 1. The van der Waals surface area contributed by atoms with E-state index in [9.17, 15) is 9.59 Å². The number of hydrogen-bond donors (Lipinski definition) is 1. The molecule has 1 aliphatic carbocycles. The lowest BCUT2D eigenvalue weighted by Crippen LogP contribution is -2.24. The summed E-state index contributed by atoms with van der Waals surface area (Å²) in [6.07, 6.45) is 0. The molecule has 0 atom stereocenters. The number of carbonyl (C=O) groups is 1. The second kappa shape index (κ2) is 5.92. The van der Waals surface area contributed by atoms with Crippen LogP contribution in [0.15, 0.2) is 71.5 Å². The van der Waals surface area contributed by atoms with Crippen molar-refractivity contribution in [2.24, 2.45) is 7.05 Å². The van der Waals surface area contributed by atoms with Crippen LogP contribution in [0.4, 0.5) is 11.4 Å². The predicted molar refractivity (Wildman–Crippen MR) is 113 cm³/mol. The van der Waals surface area contributed by atoms with E-state index >= 15 is 0 Å². The number of aryl methyl sites for hydroxylation is 2. The summed E-state index contributed by atoms with van der Waals surface area (Å²) in [4.78, 5) is 26.4. The number of carbonyl (C=O) groups excluding carboxylic acids is 1. The van der Waals surface area contributed by atoms with Gasteiger partial charge in [-0.3, -0.25) is 9.59 Å². The maximum Gasteiger partial charge on any atom is 0.275 e. The standard InChI is InChI=1S/C24H18N2O2/c1-14-7-5-8-15(13-14)25-22-21-16-9-3-4-10-17(16)23(27)18-11-6-12-19(20(18)21)26(2)24(22)28/h3-13,25H,1-2H3. The quantitative estimate of drug-likeness (QED) is 0.488. The van der Waals surface area contributed by atoms with Crippen molar-refractivity contribution in [3.63, 3.8) is 0 Å². The van der Waals surface area contributed by atoms with Gasteiger partial charge in [0.25, 0.3) is 5.56 Å². The number of rotatable bonds is 2. The number of anilines is 2. The maximum atomic E-state index is 13.3. The molecule has 1 heterocycles. The summed E-state index contributed by atoms with van der Waals surface area (Å²) < 4.78 is 1.61. The third-order valence-corrected chi connectivity index (χ3v) is 5.40. The molecule has 5 rings (SSSR count). The SMILES string of the molecule is Cc1cccc(Nc2c3c4c(cccc4n(C)c2=O)C(=O)c2ccccc2-3)c1. The topological polar surface area (TPSA) is 51.1 Å². The van der Waals surface area contributed by atoms with Crippen molar-refractivity contribution < 1.29 is 4.79 Å². The van der Waals surface area contributed by atoms with E-state index in [2.05, 4.69) is 5.32 Å². The molecule has 136 valence electrons. The zero-order valence-corrected chi connectivity index (χ0v) is 15.6. The van der Waals surface area contributed by atoms with Crippen molar-refractivity contribution in [1.82, 2.24) is 4.57 Å². The van der Waals surface area contributed by atoms with Gasteiger partial charge < -0.3 is 9.88 Å². The maximum absolute atomic E-state index is 13.3. The van der Waals surface area contributed by atoms with E-state index in [1.807, 2.05) is 73.7 Å². The van der Waals surface area contributed by atoms with E-state index in [0.717, 1.165) is 33.3 Å². The fourth-order valence-corrected chi connectivity index (χ4v) is 4.08. The highest BCUT2D eigenvalue weighted by Gasteiger charge is 2.29. The fourth-order valence-electron chi connectivity index (χ4n) is 4.08. The minimum Gasteiger partial charge on any atom is -0.350 e. The second-order valence-corrected chi connectivity index (χ2v) is 7.18. The van der Waals surface area contributed by atoms with Crippen molar-refractivity contribution in [2.45, 2.75) is 6.92 Å². The Balaban J connectivity index is 1.92. The van der Waals surface area contributed by atoms with Gasteiger partial charge in [-0.25, -0.2) is 0 Å². The Bertz CT molecular complexity index is 1350. The van der Waals surface area contributed by atoms with Gasteiger partial charge in [0.2, 0.25) is 0 Å². The summed E-state index contributed by atoms with van der Waals surface area (Å²) >= 11 is 0. The molecule has 4 heteroatoms. The number of hydrogen-bond acceptors (Lipinski definition) is 3. The Kier molecular flexibility index (Phi) is 3.49. The molecular formula is C24H18N2O2. The van der Waals surface area contributed by atoms with E-state index in [-0.39, 0.29) is 11.3 Å². The van der Waals surface area contributed by atoms with Crippen molar-refractivity contribution in [3.05, 3.63) is 93.8 Å². The number of nitrogens with one attached hydrogen (secondary N) is 1. The average Bonchev–Trinajstić information content (AvgIpc) is 2.71. The summed E-state index contributed by atoms with van der Waals surface area (Å²) in [7, 11) is 1.75. The Hall–Kier alpha value is -3.66. The van der Waals surface area contributed by atoms with Gasteiger partial charge in [-0.05, 0) is 36.2 Å². The highest BCUT2D eigenvalue weighted by atomic mass is 16.1. The third-order valence-electron chi connectivity index (χ3n) is 5.40. The smallest absolute Gasteiger partial charge is 0.275 e. The molecule has 0 fully saturated rings. The van der Waals surface area contributed by atoms with Gasteiger partial charge >= 0.3 is 0 Å². The van der Waals surface area contributed by atoms with Crippen molar-refractivity contribution in [2.75, 3.05) is 5.32 Å². The molecule has 4 aromatic rings. The van der Waals surface area contributed by atoms with E-state index in [4.69, 9.17) is 0 Å². The monoisotopic (exact) mass is 366 g/mol. The third kappa shape index (κ3) is 2.24. The fraction of sp³-hybridized carbons (Fsp3) is 0.0833. The first-order chi connectivity index (χ1) is 13.6. The summed E-state index contributed by atoms with van der Waals surface area (Å²) in [5.41, 5.74) is 5.94. The van der Waals surface area contributed by atoms with E-state index in [1.54, 1.807) is 11.6 Å². The first-order valence-electron chi connectivity index (χ1n) is 9.20. The number of aromatic nitrogens is 1. The molecule has 28 heavy (non-hydrogen) atoms. The molecule has 0 saturated carbocycles. The van der Waals surface area contributed by atoms with Crippen LogP contribution in [-0.4, -0.2) is 10.4 Å². The van der Waals surface area contributed by atoms with Crippen LogP contribution in [-0.2, 0) is 7.05 Å². The summed E-state index contributed by atoms with van der Waals surface area (Å²) in [5.74, 6) is -0.00569. The molecule has 4 nitrogen and oxygen atoms in total. The predicted octanol–water partition coefficient (Wildman–Crippen LogP) is 4.80. The van der Waals surface area contributed by atoms with Gasteiger partial charge in [-0.1, -0.05) is 48.5 Å². The number of ketones is 1. The Morgan fingerprint density at radius 3 is 2.32 bits per heavy atom. The molecule has 1 aliphatic rings. The molecule has 0 amide bonds. The van der Waals surface area contributed by atoms with Gasteiger partial charge in [0.1, 0.15) is 5.69 Å². The first-order valence-corrected chi connectivity index (χ1v) is 9.20. The molecule has 1 N–H and O–H groups in total. The molecule has 0 radical (unpaired) electrons. The van der Waals surface area contributed by atoms with Crippen molar-refractivity contribution in [1.29, 1.82) is 0 Å². The lowest BCUT2D eigenvalue weighted by Gasteiger charge is -2.24. The van der Waals surface area contributed by atoms with Crippen molar-refractivity contribution >= 4 is 28.1 Å². The van der Waals surface area contributed by atoms with Crippen molar-refractivity contribution in [3.8, 4) is 11.1 Å². The van der Waals surface area contributed by atoms with Crippen LogP contribution >= 0.6 is 0 Å². The zero-order valence-electron chi connectivity index (χ0n) is 15.6. The summed E-state index contributed by atoms with van der Waals surface area (Å²) in [5, 5.41) is 4.16. The number of nitrogens with zero attached hydrogens (tertiary/aromatic N) is 1. The lowest BCUT2D eigenvalue weighted by atomic mass is 9.83. The zero-order chi connectivity index (χ0) is 19.4. The van der Waals surface area contributed by atoms with Gasteiger partial charge in [0.15, 0.2) is 5.78 Å². The van der Waals surface area contributed by atoms with E-state index in [0.29, 0.717) is 16.8 Å². The van der Waals surface area contributed by atoms with Crippen LogP contribution in [0, 0.1) is 6.92 Å². The summed E-state index contributed by atoms with van der Waals surface area (Å²) in [6.45, 7) is 2.01. The van der Waals surface area contributed by atoms with E-state index < -0.39 is 0 Å². The van der Waals surface area contributed by atoms with Crippen LogP contribution in [0.25, 0.3) is 22.0 Å². The van der Waals surface area contributed by atoms with Crippen LogP contribution in [0.2, 0.25) is 0 Å². The van der Waals surface area contributed by atoms with Crippen LogP contribution in [0.3, 0.4) is 0 Å². The normalized spacial score (nSPS) is 12.1. The Morgan fingerprint density at radius 1 is 0.821 bits per heavy atom. The largest absolute Gasteiger partial charge is 0.350 e. The highest BCUT2D eigenvalue weighted by Crippen LogP contribution is 2.42. The van der Waals surface area contributed by atoms with Gasteiger partial charge in [0.05, 0.1) is 5.52 Å². The average molecular weight is 366 g/mol. The highest BCUT2D eigenvalue weighted by molar-refractivity contribution is 6.27. The van der Waals surface area contributed by atoms with Crippen LogP contribution in [0.1, 0.15) is 21.5 Å². The molecule has 0 bridgehead atoms. The van der Waals surface area contributed by atoms with Crippen LogP contribution < -0.4 is 10.9 Å². The summed E-state index contributed by atoms with van der Waals surface area (Å²) in [6, 6.07) is 21.0. The van der Waals surface area contributed by atoms with E-state index in [1.165, 1.54) is 0 Å². The van der Waals surface area contributed by atoms with Gasteiger partial charge in [0, 0.05) is 34.8 Å². The molecule has 0 aliphatic heterocycles.